The minimum atomic E-state index is -0.379. The lowest BCUT2D eigenvalue weighted by atomic mass is 10.2. The van der Waals surface area contributed by atoms with E-state index in [2.05, 4.69) is 10.4 Å². The van der Waals surface area contributed by atoms with Crippen LogP contribution in [0.15, 0.2) is 66.9 Å². The summed E-state index contributed by atoms with van der Waals surface area (Å²) in [5, 5.41) is 7.67. The molecule has 0 saturated heterocycles. The van der Waals surface area contributed by atoms with Gasteiger partial charge in [-0.15, -0.1) is 0 Å². The number of benzene rings is 2. The number of nitrogens with zero attached hydrogens (tertiary/aromatic N) is 2. The minimum Gasteiger partial charge on any atom is -0.462 e. The zero-order valence-corrected chi connectivity index (χ0v) is 13.5. The van der Waals surface area contributed by atoms with Crippen molar-refractivity contribution in [1.82, 2.24) is 9.78 Å². The van der Waals surface area contributed by atoms with Crippen LogP contribution in [0.25, 0.3) is 5.69 Å². The Balaban J connectivity index is 1.93. The number of ether oxygens (including phenoxy) is 1. The van der Waals surface area contributed by atoms with Crippen molar-refractivity contribution < 1.29 is 9.53 Å². The maximum atomic E-state index is 12.2. The van der Waals surface area contributed by atoms with Crippen LogP contribution >= 0.6 is 0 Å². The lowest BCUT2D eigenvalue weighted by Gasteiger charge is -2.12. The first-order valence-corrected chi connectivity index (χ1v) is 7.88. The van der Waals surface area contributed by atoms with Gasteiger partial charge in [0.15, 0.2) is 0 Å². The first kappa shape index (κ1) is 15.8. The third-order valence-electron chi connectivity index (χ3n) is 3.57. The summed E-state index contributed by atoms with van der Waals surface area (Å²) in [5.74, 6) is 0.249. The number of anilines is 1. The summed E-state index contributed by atoms with van der Waals surface area (Å²) in [5.41, 5.74) is 2.42. The van der Waals surface area contributed by atoms with E-state index in [0.717, 1.165) is 11.3 Å². The standard InChI is InChI=1S/C19H19N3O2/c1-2-24-19(23)17-14-21-22(16-11-7-4-8-12-16)18(17)20-13-15-9-5-3-6-10-15/h3-12,14,20H,2,13H2,1H3. The molecular formula is C19H19N3O2. The number of para-hydroxylation sites is 1. The summed E-state index contributed by atoms with van der Waals surface area (Å²) in [4.78, 5) is 12.2. The quantitative estimate of drug-likeness (QED) is 0.704. The molecule has 2 aromatic carbocycles. The van der Waals surface area contributed by atoms with Crippen molar-refractivity contribution in [2.45, 2.75) is 13.5 Å². The first-order chi connectivity index (χ1) is 11.8. The summed E-state index contributed by atoms with van der Waals surface area (Å²) in [6, 6.07) is 19.7. The van der Waals surface area contributed by atoms with Gasteiger partial charge in [0.25, 0.3) is 0 Å². The van der Waals surface area contributed by atoms with Crippen molar-refractivity contribution >= 4 is 11.8 Å². The van der Waals surface area contributed by atoms with E-state index >= 15 is 0 Å². The van der Waals surface area contributed by atoms with Gasteiger partial charge in [-0.25, -0.2) is 9.48 Å². The van der Waals surface area contributed by atoms with E-state index < -0.39 is 0 Å². The van der Waals surface area contributed by atoms with Crippen molar-refractivity contribution in [3.8, 4) is 5.69 Å². The van der Waals surface area contributed by atoms with E-state index in [1.807, 2.05) is 60.7 Å². The Hall–Kier alpha value is -3.08. The zero-order valence-electron chi connectivity index (χ0n) is 13.5. The predicted octanol–water partition coefficient (Wildman–Crippen LogP) is 3.66. The lowest BCUT2D eigenvalue weighted by molar-refractivity contribution is 0.0527. The third kappa shape index (κ3) is 3.46. The molecule has 0 bridgehead atoms. The molecule has 3 rings (SSSR count). The van der Waals surface area contributed by atoms with Gasteiger partial charge in [0, 0.05) is 6.54 Å². The minimum absolute atomic E-state index is 0.327. The van der Waals surface area contributed by atoms with Crippen molar-refractivity contribution in [3.05, 3.63) is 78.0 Å². The number of esters is 1. The average molecular weight is 321 g/mol. The van der Waals surface area contributed by atoms with Crippen LogP contribution in [0.5, 0.6) is 0 Å². The third-order valence-corrected chi connectivity index (χ3v) is 3.57. The first-order valence-electron chi connectivity index (χ1n) is 7.88. The number of nitrogens with one attached hydrogen (secondary N) is 1. The number of aromatic nitrogens is 2. The number of hydrogen-bond donors (Lipinski definition) is 1. The Labute approximate surface area is 140 Å². The zero-order chi connectivity index (χ0) is 16.8. The molecule has 0 saturated carbocycles. The molecule has 0 aliphatic carbocycles. The number of carbonyl (C=O) groups excluding carboxylic acids is 1. The fraction of sp³-hybridized carbons (Fsp3) is 0.158. The molecule has 1 aromatic heterocycles. The van der Waals surface area contributed by atoms with Gasteiger partial charge in [0.1, 0.15) is 11.4 Å². The molecule has 0 fully saturated rings. The van der Waals surface area contributed by atoms with Gasteiger partial charge in [-0.2, -0.15) is 5.10 Å². The molecule has 0 amide bonds. The summed E-state index contributed by atoms with van der Waals surface area (Å²) < 4.78 is 6.86. The molecular weight excluding hydrogens is 302 g/mol. The van der Waals surface area contributed by atoms with E-state index in [1.165, 1.54) is 0 Å². The van der Waals surface area contributed by atoms with Gasteiger partial charge in [0.2, 0.25) is 0 Å². The highest BCUT2D eigenvalue weighted by atomic mass is 16.5. The summed E-state index contributed by atoms with van der Waals surface area (Å²) in [6.45, 7) is 2.70. The SMILES string of the molecule is CCOC(=O)c1cnn(-c2ccccc2)c1NCc1ccccc1. The van der Waals surface area contributed by atoms with Crippen LogP contribution in [-0.4, -0.2) is 22.4 Å². The van der Waals surface area contributed by atoms with Crippen LogP contribution in [0.3, 0.4) is 0 Å². The summed E-state index contributed by atoms with van der Waals surface area (Å²) in [6.07, 6.45) is 1.54. The maximum Gasteiger partial charge on any atom is 0.343 e. The van der Waals surface area contributed by atoms with Gasteiger partial charge < -0.3 is 10.1 Å². The molecule has 3 aromatic rings. The van der Waals surface area contributed by atoms with Crippen LogP contribution in [0.2, 0.25) is 0 Å². The van der Waals surface area contributed by atoms with Crippen LogP contribution < -0.4 is 5.32 Å². The van der Waals surface area contributed by atoms with Crippen LogP contribution in [0.1, 0.15) is 22.8 Å². The molecule has 0 radical (unpaired) electrons. The van der Waals surface area contributed by atoms with Crippen molar-refractivity contribution in [2.24, 2.45) is 0 Å². The second-order valence-corrected chi connectivity index (χ2v) is 5.21. The van der Waals surface area contributed by atoms with Crippen LogP contribution in [0.4, 0.5) is 5.82 Å². The monoisotopic (exact) mass is 321 g/mol. The van der Waals surface area contributed by atoms with Gasteiger partial charge in [0.05, 0.1) is 18.5 Å². The van der Waals surface area contributed by atoms with Gasteiger partial charge in [-0.05, 0) is 24.6 Å². The highest BCUT2D eigenvalue weighted by Gasteiger charge is 2.19. The van der Waals surface area contributed by atoms with Gasteiger partial charge >= 0.3 is 5.97 Å². The maximum absolute atomic E-state index is 12.2. The van der Waals surface area contributed by atoms with Crippen molar-refractivity contribution in [3.63, 3.8) is 0 Å². The van der Waals surface area contributed by atoms with Crippen molar-refractivity contribution in [2.75, 3.05) is 11.9 Å². The molecule has 5 nitrogen and oxygen atoms in total. The van der Waals surface area contributed by atoms with Gasteiger partial charge in [-0.1, -0.05) is 48.5 Å². The van der Waals surface area contributed by atoms with E-state index in [4.69, 9.17) is 4.74 Å². The molecule has 0 unspecified atom stereocenters. The molecule has 122 valence electrons. The van der Waals surface area contributed by atoms with Crippen LogP contribution in [-0.2, 0) is 11.3 Å². The Bertz CT molecular complexity index is 798. The highest BCUT2D eigenvalue weighted by Crippen LogP contribution is 2.22. The Kier molecular flexibility index (Phi) is 4.91. The fourth-order valence-electron chi connectivity index (χ4n) is 2.42. The van der Waals surface area contributed by atoms with E-state index in [-0.39, 0.29) is 5.97 Å². The molecule has 5 heteroatoms. The van der Waals surface area contributed by atoms with E-state index in [0.29, 0.717) is 24.5 Å². The number of rotatable bonds is 6. The van der Waals surface area contributed by atoms with E-state index in [9.17, 15) is 4.79 Å². The second kappa shape index (κ2) is 7.46. The normalized spacial score (nSPS) is 10.4. The average Bonchev–Trinajstić information content (AvgIpc) is 3.06. The molecule has 1 N–H and O–H groups in total. The number of carbonyl (C=O) groups is 1. The molecule has 0 aliphatic heterocycles. The van der Waals surface area contributed by atoms with Crippen molar-refractivity contribution in [1.29, 1.82) is 0 Å². The topological polar surface area (TPSA) is 56.1 Å². The highest BCUT2D eigenvalue weighted by molar-refractivity contribution is 5.94. The molecule has 0 spiro atoms. The summed E-state index contributed by atoms with van der Waals surface area (Å²) >= 11 is 0. The van der Waals surface area contributed by atoms with Gasteiger partial charge in [-0.3, -0.25) is 0 Å². The Morgan fingerprint density at radius 2 is 1.75 bits per heavy atom. The van der Waals surface area contributed by atoms with E-state index in [1.54, 1.807) is 17.8 Å². The fourth-order valence-corrected chi connectivity index (χ4v) is 2.42. The molecule has 0 atom stereocenters. The Morgan fingerprint density at radius 1 is 1.08 bits per heavy atom. The molecule has 1 heterocycles. The lowest BCUT2D eigenvalue weighted by Crippen LogP contribution is -2.11. The van der Waals surface area contributed by atoms with Crippen LogP contribution in [0, 0.1) is 0 Å². The molecule has 24 heavy (non-hydrogen) atoms. The largest absolute Gasteiger partial charge is 0.462 e. The second-order valence-electron chi connectivity index (χ2n) is 5.21. The molecule has 0 aliphatic rings. The smallest absolute Gasteiger partial charge is 0.343 e. The Morgan fingerprint density at radius 3 is 2.42 bits per heavy atom. The predicted molar refractivity (Wildman–Crippen MR) is 93.3 cm³/mol. The summed E-state index contributed by atoms with van der Waals surface area (Å²) in [7, 11) is 0. The number of hydrogen-bond acceptors (Lipinski definition) is 4.